The highest BCUT2D eigenvalue weighted by Crippen LogP contribution is 2.17. The molecule has 0 unspecified atom stereocenters. The third kappa shape index (κ3) is 1.28. The second-order valence-electron chi connectivity index (χ2n) is 3.04. The third-order valence-corrected chi connectivity index (χ3v) is 2.07. The Bertz CT molecular complexity index is 457. The molecule has 0 aliphatic rings. The van der Waals surface area contributed by atoms with Gasteiger partial charge in [0, 0.05) is 22.7 Å². The molecule has 0 radical (unpaired) electrons. The van der Waals surface area contributed by atoms with Gasteiger partial charge >= 0.3 is 0 Å². The van der Waals surface area contributed by atoms with Crippen molar-refractivity contribution in [3.8, 4) is 0 Å². The molecule has 0 saturated carbocycles. The van der Waals surface area contributed by atoms with Gasteiger partial charge in [-0.3, -0.25) is 0 Å². The number of nitrogens with one attached hydrogen (secondary N) is 1. The van der Waals surface area contributed by atoms with Crippen LogP contribution in [0.15, 0.2) is 29.6 Å². The number of oxime groups is 1. The Kier molecular flexibility index (Phi) is 1.77. The molecule has 0 atom stereocenters. The number of benzene rings is 1. The van der Waals surface area contributed by atoms with Crippen LogP contribution < -0.4 is 0 Å². The first-order valence-electron chi connectivity index (χ1n) is 4.06. The number of hydrogen-bond acceptors (Lipinski definition) is 2. The molecule has 2 aromatic rings. The number of nitrogens with zero attached hydrogens (tertiary/aromatic N) is 1. The predicted octanol–water partition coefficient (Wildman–Crippen LogP) is 2.28. The SMILES string of the molecule is Cc1ccc2[nH]cc(/C=N/O)c2c1. The lowest BCUT2D eigenvalue weighted by atomic mass is 10.1. The molecule has 1 heterocycles. The number of aromatic nitrogens is 1. The average molecular weight is 174 g/mol. The number of aromatic amines is 1. The van der Waals surface area contributed by atoms with Crippen LogP contribution in [0.25, 0.3) is 10.9 Å². The van der Waals surface area contributed by atoms with Crippen molar-refractivity contribution in [1.82, 2.24) is 4.98 Å². The van der Waals surface area contributed by atoms with E-state index < -0.39 is 0 Å². The Morgan fingerprint density at radius 1 is 1.46 bits per heavy atom. The fourth-order valence-corrected chi connectivity index (χ4v) is 1.43. The van der Waals surface area contributed by atoms with Crippen LogP contribution in [-0.4, -0.2) is 16.4 Å². The van der Waals surface area contributed by atoms with Crippen molar-refractivity contribution < 1.29 is 5.21 Å². The van der Waals surface area contributed by atoms with Gasteiger partial charge in [-0.15, -0.1) is 0 Å². The summed E-state index contributed by atoms with van der Waals surface area (Å²) in [6.07, 6.45) is 3.25. The van der Waals surface area contributed by atoms with Crippen molar-refractivity contribution in [2.45, 2.75) is 6.92 Å². The highest BCUT2D eigenvalue weighted by molar-refractivity contribution is 5.99. The van der Waals surface area contributed by atoms with E-state index in [9.17, 15) is 0 Å². The lowest BCUT2D eigenvalue weighted by Crippen LogP contribution is -1.77. The quantitative estimate of drug-likeness (QED) is 0.389. The maximum atomic E-state index is 8.42. The van der Waals surface area contributed by atoms with Gasteiger partial charge in [-0.05, 0) is 19.1 Å². The number of aryl methyl sites for hydroxylation is 1. The van der Waals surface area contributed by atoms with Crippen molar-refractivity contribution >= 4 is 17.1 Å². The van der Waals surface area contributed by atoms with E-state index in [1.807, 2.05) is 25.3 Å². The van der Waals surface area contributed by atoms with Crippen molar-refractivity contribution in [2.24, 2.45) is 5.16 Å². The van der Waals surface area contributed by atoms with E-state index in [0.29, 0.717) is 0 Å². The average Bonchev–Trinajstić information content (AvgIpc) is 2.49. The summed E-state index contributed by atoms with van der Waals surface area (Å²) in [5.41, 5.74) is 3.15. The van der Waals surface area contributed by atoms with E-state index in [4.69, 9.17) is 5.21 Å². The minimum Gasteiger partial charge on any atom is -0.411 e. The van der Waals surface area contributed by atoms with Crippen molar-refractivity contribution in [3.05, 3.63) is 35.5 Å². The Hall–Kier alpha value is -1.77. The molecule has 2 rings (SSSR count). The molecule has 0 aliphatic heterocycles. The second kappa shape index (κ2) is 2.94. The summed E-state index contributed by atoms with van der Waals surface area (Å²) in [4.78, 5) is 3.10. The number of H-pyrrole nitrogens is 1. The minimum absolute atomic E-state index is 0.904. The molecule has 1 aromatic carbocycles. The number of rotatable bonds is 1. The van der Waals surface area contributed by atoms with Crippen molar-refractivity contribution in [3.63, 3.8) is 0 Å². The summed E-state index contributed by atoms with van der Waals surface area (Å²) in [5.74, 6) is 0. The van der Waals surface area contributed by atoms with Gasteiger partial charge in [0.25, 0.3) is 0 Å². The van der Waals surface area contributed by atoms with Gasteiger partial charge < -0.3 is 10.2 Å². The lowest BCUT2D eigenvalue weighted by Gasteiger charge is -1.93. The zero-order valence-electron chi connectivity index (χ0n) is 7.28. The monoisotopic (exact) mass is 174 g/mol. The smallest absolute Gasteiger partial charge is 0.0755 e. The van der Waals surface area contributed by atoms with E-state index in [2.05, 4.69) is 16.2 Å². The van der Waals surface area contributed by atoms with Crippen LogP contribution >= 0.6 is 0 Å². The maximum absolute atomic E-state index is 8.42. The van der Waals surface area contributed by atoms with Gasteiger partial charge in [-0.2, -0.15) is 0 Å². The molecule has 13 heavy (non-hydrogen) atoms. The van der Waals surface area contributed by atoms with E-state index in [1.165, 1.54) is 11.8 Å². The molecule has 0 spiro atoms. The first-order chi connectivity index (χ1) is 6.31. The summed E-state index contributed by atoms with van der Waals surface area (Å²) in [6, 6.07) is 6.11. The Morgan fingerprint density at radius 2 is 2.31 bits per heavy atom. The van der Waals surface area contributed by atoms with Crippen LogP contribution in [0.5, 0.6) is 0 Å². The summed E-state index contributed by atoms with van der Waals surface area (Å²) >= 11 is 0. The molecule has 0 aliphatic carbocycles. The molecule has 0 amide bonds. The van der Waals surface area contributed by atoms with Crippen LogP contribution in [0.4, 0.5) is 0 Å². The van der Waals surface area contributed by atoms with Gasteiger partial charge in [-0.1, -0.05) is 16.8 Å². The number of hydrogen-bond donors (Lipinski definition) is 2. The van der Waals surface area contributed by atoms with Gasteiger partial charge in [0.15, 0.2) is 0 Å². The van der Waals surface area contributed by atoms with Gasteiger partial charge in [-0.25, -0.2) is 0 Å². The number of fused-ring (bicyclic) bond motifs is 1. The molecule has 1 aromatic heterocycles. The van der Waals surface area contributed by atoms with E-state index in [0.717, 1.165) is 16.5 Å². The highest BCUT2D eigenvalue weighted by atomic mass is 16.4. The molecule has 3 heteroatoms. The van der Waals surface area contributed by atoms with Crippen LogP contribution in [-0.2, 0) is 0 Å². The molecule has 0 bridgehead atoms. The van der Waals surface area contributed by atoms with Crippen LogP contribution in [0.3, 0.4) is 0 Å². The van der Waals surface area contributed by atoms with Gasteiger partial charge in [0.1, 0.15) is 0 Å². The van der Waals surface area contributed by atoms with Crippen LogP contribution in [0.1, 0.15) is 11.1 Å². The molecular formula is C10H10N2O. The largest absolute Gasteiger partial charge is 0.411 e. The predicted molar refractivity (Wildman–Crippen MR) is 52.4 cm³/mol. The first kappa shape index (κ1) is 7.86. The summed E-state index contributed by atoms with van der Waals surface area (Å²) in [7, 11) is 0. The molecule has 3 nitrogen and oxygen atoms in total. The normalized spacial score (nSPS) is 11.5. The molecular weight excluding hydrogens is 164 g/mol. The van der Waals surface area contributed by atoms with E-state index in [1.54, 1.807) is 0 Å². The van der Waals surface area contributed by atoms with Crippen molar-refractivity contribution in [2.75, 3.05) is 0 Å². The highest BCUT2D eigenvalue weighted by Gasteiger charge is 2.00. The summed E-state index contributed by atoms with van der Waals surface area (Å²) < 4.78 is 0. The first-order valence-corrected chi connectivity index (χ1v) is 4.06. The molecule has 0 saturated heterocycles. The zero-order chi connectivity index (χ0) is 9.26. The van der Waals surface area contributed by atoms with Crippen molar-refractivity contribution in [1.29, 1.82) is 0 Å². The summed E-state index contributed by atoms with van der Waals surface area (Å²) in [6.45, 7) is 2.03. The fraction of sp³-hybridized carbons (Fsp3) is 0.100. The fourth-order valence-electron chi connectivity index (χ4n) is 1.43. The topological polar surface area (TPSA) is 48.4 Å². The Morgan fingerprint density at radius 3 is 3.08 bits per heavy atom. The Labute approximate surface area is 75.7 Å². The molecule has 0 fully saturated rings. The van der Waals surface area contributed by atoms with E-state index in [-0.39, 0.29) is 0 Å². The van der Waals surface area contributed by atoms with Gasteiger partial charge in [0.2, 0.25) is 0 Å². The lowest BCUT2D eigenvalue weighted by molar-refractivity contribution is 0.322. The zero-order valence-corrected chi connectivity index (χ0v) is 7.28. The molecule has 2 N–H and O–H groups in total. The summed E-state index contributed by atoms with van der Waals surface area (Å²) in [5, 5.41) is 12.5. The van der Waals surface area contributed by atoms with Gasteiger partial charge in [0.05, 0.1) is 6.21 Å². The Balaban J connectivity index is 2.71. The van der Waals surface area contributed by atoms with Crippen LogP contribution in [0.2, 0.25) is 0 Å². The maximum Gasteiger partial charge on any atom is 0.0755 e. The van der Waals surface area contributed by atoms with E-state index >= 15 is 0 Å². The molecule has 66 valence electrons. The van der Waals surface area contributed by atoms with Crippen LogP contribution in [0, 0.1) is 6.92 Å². The minimum atomic E-state index is 0.904. The standard InChI is InChI=1S/C10H10N2O/c1-7-2-3-10-9(4-7)8(5-11-10)6-12-13/h2-6,11,13H,1H3/b12-6+. The second-order valence-corrected chi connectivity index (χ2v) is 3.04. The third-order valence-electron chi connectivity index (χ3n) is 2.07.